The van der Waals surface area contributed by atoms with Gasteiger partial charge < -0.3 is 20.3 Å². The number of nitrogens with one attached hydrogen (secondary N) is 2. The molecule has 0 aromatic carbocycles. The molecular formula is C19H25N3O4. The number of fused-ring (bicyclic) bond motifs is 1. The third kappa shape index (κ3) is 3.16. The molecule has 0 radical (unpaired) electrons. The SMILES string of the molecule is Cc1cc(C(=O)NC2CCC3CN(C(=O)C4CC(O)C4)CC32)cc(=O)[nH]1. The summed E-state index contributed by atoms with van der Waals surface area (Å²) in [6.07, 6.45) is 2.74. The molecule has 0 bridgehead atoms. The number of aromatic nitrogens is 1. The predicted octanol–water partition coefficient (Wildman–Crippen LogP) is 0.421. The second-order valence-corrected chi connectivity index (χ2v) is 8.06. The zero-order valence-electron chi connectivity index (χ0n) is 14.9. The fourth-order valence-corrected chi connectivity index (χ4v) is 4.74. The van der Waals surface area contributed by atoms with Gasteiger partial charge >= 0.3 is 0 Å². The van der Waals surface area contributed by atoms with Crippen LogP contribution in [0.5, 0.6) is 0 Å². The Labute approximate surface area is 151 Å². The Morgan fingerprint density at radius 2 is 2.00 bits per heavy atom. The zero-order chi connectivity index (χ0) is 18.4. The fraction of sp³-hybridized carbons (Fsp3) is 0.632. The van der Waals surface area contributed by atoms with Gasteiger partial charge in [0.25, 0.3) is 5.91 Å². The van der Waals surface area contributed by atoms with Crippen molar-refractivity contribution in [1.82, 2.24) is 15.2 Å². The largest absolute Gasteiger partial charge is 0.393 e. The zero-order valence-corrected chi connectivity index (χ0v) is 14.9. The Bertz CT molecular complexity index is 783. The molecule has 2 aliphatic carbocycles. The van der Waals surface area contributed by atoms with Crippen LogP contribution in [0.4, 0.5) is 0 Å². The van der Waals surface area contributed by atoms with Crippen LogP contribution in [0.15, 0.2) is 16.9 Å². The van der Waals surface area contributed by atoms with Crippen LogP contribution in [0.25, 0.3) is 0 Å². The van der Waals surface area contributed by atoms with E-state index in [4.69, 9.17) is 0 Å². The molecule has 140 valence electrons. The van der Waals surface area contributed by atoms with Crippen molar-refractivity contribution in [3.05, 3.63) is 33.7 Å². The van der Waals surface area contributed by atoms with Crippen molar-refractivity contribution in [2.45, 2.75) is 44.8 Å². The standard InChI is InChI=1S/C19H25N3O4/c1-10-4-12(7-17(24)20-10)18(25)21-16-3-2-11-8-22(9-15(11)16)19(26)13-5-14(23)6-13/h4,7,11,13-16,23H,2-3,5-6,8-9H2,1H3,(H,20,24)(H,21,25). The van der Waals surface area contributed by atoms with E-state index in [9.17, 15) is 19.5 Å². The topological polar surface area (TPSA) is 102 Å². The molecule has 3 aliphatic rings. The molecule has 1 aliphatic heterocycles. The van der Waals surface area contributed by atoms with Crippen molar-refractivity contribution >= 4 is 11.8 Å². The molecule has 1 saturated heterocycles. The second-order valence-electron chi connectivity index (χ2n) is 8.06. The van der Waals surface area contributed by atoms with Gasteiger partial charge in [0.2, 0.25) is 11.5 Å². The third-order valence-electron chi connectivity index (χ3n) is 6.19. The Morgan fingerprint density at radius 1 is 1.23 bits per heavy atom. The quantitative estimate of drug-likeness (QED) is 0.728. The number of aryl methyl sites for hydroxylation is 1. The lowest BCUT2D eigenvalue weighted by molar-refractivity contribution is -0.141. The summed E-state index contributed by atoms with van der Waals surface area (Å²) in [4.78, 5) is 41.2. The van der Waals surface area contributed by atoms with Gasteiger partial charge in [0, 0.05) is 48.3 Å². The normalized spacial score (nSPS) is 32.8. The summed E-state index contributed by atoms with van der Waals surface area (Å²) >= 11 is 0. The minimum absolute atomic E-state index is 0.0316. The van der Waals surface area contributed by atoms with E-state index in [0.717, 1.165) is 19.4 Å². The molecule has 2 amide bonds. The highest BCUT2D eigenvalue weighted by Crippen LogP contribution is 2.40. The van der Waals surface area contributed by atoms with Crippen molar-refractivity contribution in [3.63, 3.8) is 0 Å². The average Bonchev–Trinajstić information content (AvgIpc) is 3.12. The summed E-state index contributed by atoms with van der Waals surface area (Å²) < 4.78 is 0. The lowest BCUT2D eigenvalue weighted by Gasteiger charge is -2.33. The summed E-state index contributed by atoms with van der Waals surface area (Å²) in [6.45, 7) is 3.18. The molecule has 3 N–H and O–H groups in total. The van der Waals surface area contributed by atoms with Crippen molar-refractivity contribution in [2.75, 3.05) is 13.1 Å². The number of aromatic amines is 1. The first kappa shape index (κ1) is 17.3. The molecule has 3 atom stereocenters. The van der Waals surface area contributed by atoms with Crippen LogP contribution in [0.2, 0.25) is 0 Å². The first-order chi connectivity index (χ1) is 12.4. The van der Waals surface area contributed by atoms with Gasteiger partial charge in [0.05, 0.1) is 6.10 Å². The fourth-order valence-electron chi connectivity index (χ4n) is 4.74. The van der Waals surface area contributed by atoms with Gasteiger partial charge in [-0.3, -0.25) is 14.4 Å². The minimum atomic E-state index is -0.324. The Balaban J connectivity index is 1.39. The molecule has 4 rings (SSSR count). The van der Waals surface area contributed by atoms with Crippen LogP contribution in [-0.2, 0) is 4.79 Å². The number of H-pyrrole nitrogens is 1. The van der Waals surface area contributed by atoms with Gasteiger partial charge in [-0.1, -0.05) is 0 Å². The van der Waals surface area contributed by atoms with E-state index in [2.05, 4.69) is 10.3 Å². The molecular weight excluding hydrogens is 334 g/mol. The van der Waals surface area contributed by atoms with Gasteiger partial charge in [-0.15, -0.1) is 0 Å². The Morgan fingerprint density at radius 3 is 2.69 bits per heavy atom. The molecule has 3 fully saturated rings. The maximum absolute atomic E-state index is 12.5. The van der Waals surface area contributed by atoms with Crippen LogP contribution in [0.1, 0.15) is 41.7 Å². The Kier molecular flexibility index (Phi) is 4.34. The van der Waals surface area contributed by atoms with Crippen molar-refractivity contribution in [2.24, 2.45) is 17.8 Å². The van der Waals surface area contributed by atoms with Crippen LogP contribution in [0.3, 0.4) is 0 Å². The molecule has 2 heterocycles. The van der Waals surface area contributed by atoms with E-state index in [-0.39, 0.29) is 41.4 Å². The molecule has 7 heteroatoms. The molecule has 2 saturated carbocycles. The van der Waals surface area contributed by atoms with Crippen LogP contribution < -0.4 is 10.9 Å². The number of rotatable bonds is 3. The summed E-state index contributed by atoms with van der Waals surface area (Å²) in [7, 11) is 0. The highest BCUT2D eigenvalue weighted by molar-refractivity contribution is 5.94. The number of aliphatic hydroxyl groups excluding tert-OH is 1. The average molecular weight is 359 g/mol. The van der Waals surface area contributed by atoms with Crippen molar-refractivity contribution in [1.29, 1.82) is 0 Å². The summed E-state index contributed by atoms with van der Waals surface area (Å²) in [6, 6.07) is 3.04. The number of pyridine rings is 1. The number of nitrogens with zero attached hydrogens (tertiary/aromatic N) is 1. The van der Waals surface area contributed by atoms with E-state index in [1.165, 1.54) is 6.07 Å². The maximum atomic E-state index is 12.5. The number of hydrogen-bond donors (Lipinski definition) is 3. The van der Waals surface area contributed by atoms with E-state index >= 15 is 0 Å². The van der Waals surface area contributed by atoms with Gasteiger partial charge in [0.15, 0.2) is 0 Å². The number of likely N-dealkylation sites (tertiary alicyclic amines) is 1. The lowest BCUT2D eigenvalue weighted by atomic mass is 9.81. The molecule has 3 unspecified atom stereocenters. The summed E-state index contributed by atoms with van der Waals surface area (Å²) in [5.74, 6) is 0.596. The molecule has 1 aromatic heterocycles. The van der Waals surface area contributed by atoms with Crippen LogP contribution in [0, 0.1) is 24.7 Å². The molecule has 26 heavy (non-hydrogen) atoms. The molecule has 0 spiro atoms. The number of hydrogen-bond acceptors (Lipinski definition) is 4. The molecule has 7 nitrogen and oxygen atoms in total. The van der Waals surface area contributed by atoms with E-state index in [1.54, 1.807) is 13.0 Å². The lowest BCUT2D eigenvalue weighted by Crippen LogP contribution is -2.44. The van der Waals surface area contributed by atoms with Gasteiger partial charge in [-0.05, 0) is 44.6 Å². The number of carbonyl (C=O) groups is 2. The predicted molar refractivity (Wildman–Crippen MR) is 94.6 cm³/mol. The minimum Gasteiger partial charge on any atom is -0.393 e. The van der Waals surface area contributed by atoms with Crippen LogP contribution in [-0.4, -0.2) is 52.0 Å². The van der Waals surface area contributed by atoms with E-state index < -0.39 is 0 Å². The maximum Gasteiger partial charge on any atom is 0.251 e. The van der Waals surface area contributed by atoms with Crippen molar-refractivity contribution < 1.29 is 14.7 Å². The number of aliphatic hydroxyl groups is 1. The second kappa shape index (κ2) is 6.54. The van der Waals surface area contributed by atoms with E-state index in [1.807, 2.05) is 4.90 Å². The summed E-state index contributed by atoms with van der Waals surface area (Å²) in [5, 5.41) is 12.5. The number of carbonyl (C=O) groups excluding carboxylic acids is 2. The van der Waals surface area contributed by atoms with Crippen molar-refractivity contribution in [3.8, 4) is 0 Å². The first-order valence-corrected chi connectivity index (χ1v) is 9.39. The van der Waals surface area contributed by atoms with Gasteiger partial charge in [-0.2, -0.15) is 0 Å². The van der Waals surface area contributed by atoms with Gasteiger partial charge in [-0.25, -0.2) is 0 Å². The van der Waals surface area contributed by atoms with Gasteiger partial charge in [0.1, 0.15) is 0 Å². The monoisotopic (exact) mass is 359 g/mol. The third-order valence-corrected chi connectivity index (χ3v) is 6.19. The summed E-state index contributed by atoms with van der Waals surface area (Å²) in [5.41, 5.74) is 0.760. The van der Waals surface area contributed by atoms with Crippen LogP contribution >= 0.6 is 0 Å². The number of amides is 2. The smallest absolute Gasteiger partial charge is 0.251 e. The highest BCUT2D eigenvalue weighted by Gasteiger charge is 2.46. The molecule has 1 aromatic rings. The highest BCUT2D eigenvalue weighted by atomic mass is 16.3. The first-order valence-electron chi connectivity index (χ1n) is 9.39. The van der Waals surface area contributed by atoms with E-state index in [0.29, 0.717) is 36.6 Å². The Hall–Kier alpha value is -2.15.